The van der Waals surface area contributed by atoms with E-state index in [1.54, 1.807) is 0 Å². The van der Waals surface area contributed by atoms with Gasteiger partial charge in [-0.2, -0.15) is 13.2 Å². The van der Waals surface area contributed by atoms with Crippen molar-refractivity contribution in [1.29, 1.82) is 0 Å². The monoisotopic (exact) mass is 405 g/mol. The van der Waals surface area contributed by atoms with Gasteiger partial charge in [0.2, 0.25) is 0 Å². The van der Waals surface area contributed by atoms with Crippen LogP contribution < -0.4 is 4.72 Å². The van der Waals surface area contributed by atoms with Gasteiger partial charge in [0.1, 0.15) is 5.75 Å². The average Bonchev–Trinajstić information content (AvgIpc) is 3.29. The maximum atomic E-state index is 12.3. The van der Waals surface area contributed by atoms with Gasteiger partial charge in [0.15, 0.2) is 0 Å². The first-order valence-corrected chi connectivity index (χ1v) is 10.3. The van der Waals surface area contributed by atoms with Crippen LogP contribution in [0, 0.1) is 0 Å². The van der Waals surface area contributed by atoms with Crippen LogP contribution in [-0.4, -0.2) is 34.9 Å². The van der Waals surface area contributed by atoms with Gasteiger partial charge in [-0.25, -0.2) is 0 Å². The van der Waals surface area contributed by atoms with Gasteiger partial charge in [0.25, 0.3) is 0 Å². The number of benzene rings is 2. The van der Waals surface area contributed by atoms with Crippen LogP contribution >= 0.6 is 11.9 Å². The molecule has 148 valence electrons. The predicted octanol–water partition coefficient (Wildman–Crippen LogP) is 5.78. The molecule has 0 spiro atoms. The van der Waals surface area contributed by atoms with E-state index in [1.807, 2.05) is 24.3 Å². The van der Waals surface area contributed by atoms with Gasteiger partial charge in [-0.3, -0.25) is 4.90 Å². The fourth-order valence-electron chi connectivity index (χ4n) is 3.81. The molecule has 1 saturated heterocycles. The zero-order valence-corrected chi connectivity index (χ0v) is 16.1. The summed E-state index contributed by atoms with van der Waals surface area (Å²) >= 11 is 0.680. The lowest BCUT2D eigenvalue weighted by Gasteiger charge is -2.16. The molecule has 1 fully saturated rings. The first kappa shape index (κ1) is 19.2. The first-order valence-electron chi connectivity index (χ1n) is 9.30. The fraction of sp³-hybridized carbons (Fsp3) is 0.333. The first-order chi connectivity index (χ1) is 13.5. The number of halogens is 3. The number of rotatable bonds is 6. The molecule has 3 aromatic rings. The van der Waals surface area contributed by atoms with Crippen LogP contribution in [0.15, 0.2) is 54.7 Å². The van der Waals surface area contributed by atoms with E-state index < -0.39 is 11.9 Å². The van der Waals surface area contributed by atoms with Gasteiger partial charge in [0, 0.05) is 35.9 Å². The Balaban J connectivity index is 1.37. The third-order valence-electron chi connectivity index (χ3n) is 5.13. The van der Waals surface area contributed by atoms with Gasteiger partial charge >= 0.3 is 6.18 Å². The van der Waals surface area contributed by atoms with Crippen molar-refractivity contribution >= 4 is 28.5 Å². The molecule has 0 bridgehead atoms. The maximum absolute atomic E-state index is 12.3. The van der Waals surface area contributed by atoms with E-state index in [0.717, 1.165) is 37.3 Å². The number of nitrogens with zero attached hydrogens (tertiary/aromatic N) is 1. The largest absolute Gasteiger partial charge is 0.399 e. The summed E-state index contributed by atoms with van der Waals surface area (Å²) in [5, 5.41) is 1.26. The van der Waals surface area contributed by atoms with Crippen molar-refractivity contribution < 1.29 is 13.2 Å². The number of H-pyrrole nitrogens is 1. The zero-order chi connectivity index (χ0) is 19.6. The Hall–Kier alpha value is -2.12. The van der Waals surface area contributed by atoms with E-state index in [1.165, 1.54) is 16.5 Å². The molecule has 1 aromatic heterocycles. The molecule has 1 atom stereocenters. The summed E-state index contributed by atoms with van der Waals surface area (Å²) in [7, 11) is 0. The van der Waals surface area contributed by atoms with Gasteiger partial charge in [0.05, 0.1) is 0 Å². The third-order valence-corrected chi connectivity index (χ3v) is 5.98. The molecule has 2 aromatic carbocycles. The fourth-order valence-corrected chi connectivity index (χ4v) is 4.34. The Morgan fingerprint density at radius 2 is 2.00 bits per heavy atom. The molecule has 1 aliphatic rings. The van der Waals surface area contributed by atoms with E-state index >= 15 is 0 Å². The van der Waals surface area contributed by atoms with Crippen LogP contribution in [-0.2, 0) is 6.54 Å². The lowest BCUT2D eigenvalue weighted by atomic mass is 9.98. The highest BCUT2D eigenvalue weighted by atomic mass is 32.2. The normalized spacial score (nSPS) is 18.0. The molecule has 1 aliphatic heterocycles. The molecule has 2 N–H and O–H groups in total. The molecule has 4 rings (SSSR count). The molecule has 7 heteroatoms. The molecular weight excluding hydrogens is 383 g/mol. The molecule has 28 heavy (non-hydrogen) atoms. The zero-order valence-electron chi connectivity index (χ0n) is 15.3. The Bertz CT molecular complexity index is 938. The lowest BCUT2D eigenvalue weighted by molar-refractivity contribution is -0.105. The summed E-state index contributed by atoms with van der Waals surface area (Å²) < 4.78 is 39.7. The topological polar surface area (TPSA) is 31.1 Å². The number of nitrogens with one attached hydrogen (secondary N) is 2. The molecule has 0 aliphatic carbocycles. The predicted molar refractivity (Wildman–Crippen MR) is 110 cm³/mol. The van der Waals surface area contributed by atoms with Crippen molar-refractivity contribution in [3.8, 4) is 0 Å². The minimum Gasteiger partial charge on any atom is -0.361 e. The second-order valence-corrected chi connectivity index (χ2v) is 7.99. The van der Waals surface area contributed by atoms with Crippen LogP contribution in [0.3, 0.4) is 0 Å². The van der Waals surface area contributed by atoms with E-state index in [-0.39, 0.29) is 0 Å². The van der Waals surface area contributed by atoms with Crippen molar-refractivity contribution in [2.75, 3.05) is 23.6 Å². The number of fused-ring (bicyclic) bond motifs is 1. The third kappa shape index (κ3) is 4.64. The lowest BCUT2D eigenvalue weighted by Crippen LogP contribution is -2.19. The summed E-state index contributed by atoms with van der Waals surface area (Å²) in [6.07, 6.45) is -1.02. The van der Waals surface area contributed by atoms with Crippen LogP contribution in [0.4, 0.5) is 18.9 Å². The minimum absolute atomic E-state index is 0.402. The van der Waals surface area contributed by atoms with Gasteiger partial charge in [-0.15, -0.1) is 0 Å². The number of hydrogen-bond donors (Lipinski definition) is 2. The minimum atomic E-state index is -4.16. The van der Waals surface area contributed by atoms with Crippen LogP contribution in [0.5, 0.6) is 0 Å². The van der Waals surface area contributed by atoms with Crippen molar-refractivity contribution in [2.24, 2.45) is 0 Å². The van der Waals surface area contributed by atoms with E-state index in [0.29, 0.717) is 17.9 Å². The SMILES string of the molecule is FC(F)(F)CSNc1cccc(C2CCN(Cc3c[nH]c4ccccc34)C2)c1. The van der Waals surface area contributed by atoms with Gasteiger partial charge < -0.3 is 9.71 Å². The van der Waals surface area contributed by atoms with Crippen LogP contribution in [0.2, 0.25) is 0 Å². The van der Waals surface area contributed by atoms with Crippen molar-refractivity contribution in [2.45, 2.75) is 25.1 Å². The summed E-state index contributed by atoms with van der Waals surface area (Å²) in [6.45, 7) is 2.88. The molecule has 0 saturated carbocycles. The van der Waals surface area contributed by atoms with Crippen LogP contribution in [0.1, 0.15) is 23.5 Å². The number of hydrogen-bond acceptors (Lipinski definition) is 3. The quantitative estimate of drug-likeness (QED) is 0.510. The van der Waals surface area contributed by atoms with E-state index in [9.17, 15) is 13.2 Å². The number of aromatic amines is 1. The number of anilines is 1. The highest BCUT2D eigenvalue weighted by Gasteiger charge is 2.27. The smallest absolute Gasteiger partial charge is 0.361 e. The molecule has 1 unspecified atom stereocenters. The Labute approximate surface area is 166 Å². The molecular formula is C21H22F3N3S. The second-order valence-electron chi connectivity index (χ2n) is 7.21. The maximum Gasteiger partial charge on any atom is 0.399 e. The highest BCUT2D eigenvalue weighted by molar-refractivity contribution is 8.00. The standard InChI is InChI=1S/C21H22F3N3S/c22-21(23,24)14-28-26-18-5-3-4-15(10-18)16-8-9-27(12-16)13-17-11-25-20-7-2-1-6-19(17)20/h1-7,10-11,16,25-26H,8-9,12-14H2. The summed E-state index contributed by atoms with van der Waals surface area (Å²) in [5.41, 5.74) is 4.36. The summed E-state index contributed by atoms with van der Waals surface area (Å²) in [4.78, 5) is 5.77. The van der Waals surface area contributed by atoms with Crippen molar-refractivity contribution in [3.05, 3.63) is 65.9 Å². The average molecular weight is 405 g/mol. The number of para-hydroxylation sites is 1. The Morgan fingerprint density at radius 3 is 2.86 bits per heavy atom. The van der Waals surface area contributed by atoms with Crippen LogP contribution in [0.25, 0.3) is 10.9 Å². The number of likely N-dealkylation sites (tertiary alicyclic amines) is 1. The number of alkyl halides is 3. The van der Waals surface area contributed by atoms with Crippen molar-refractivity contribution in [1.82, 2.24) is 9.88 Å². The molecule has 0 radical (unpaired) electrons. The van der Waals surface area contributed by atoms with E-state index in [4.69, 9.17) is 0 Å². The van der Waals surface area contributed by atoms with Gasteiger partial charge in [-0.05, 0) is 60.2 Å². The Morgan fingerprint density at radius 1 is 1.14 bits per heavy atom. The second kappa shape index (κ2) is 8.09. The molecule has 2 heterocycles. The van der Waals surface area contributed by atoms with Gasteiger partial charge in [-0.1, -0.05) is 30.3 Å². The number of aromatic nitrogens is 1. The summed E-state index contributed by atoms with van der Waals surface area (Å²) in [6, 6.07) is 16.1. The highest BCUT2D eigenvalue weighted by Crippen LogP contribution is 2.31. The van der Waals surface area contributed by atoms with Crippen molar-refractivity contribution in [3.63, 3.8) is 0 Å². The van der Waals surface area contributed by atoms with E-state index in [2.05, 4.69) is 45.1 Å². The Kier molecular flexibility index (Phi) is 5.55. The molecule has 0 amide bonds. The summed E-state index contributed by atoms with van der Waals surface area (Å²) in [5.74, 6) is -0.501. The molecule has 3 nitrogen and oxygen atoms in total.